The van der Waals surface area contributed by atoms with Gasteiger partial charge in [0.25, 0.3) is 0 Å². The van der Waals surface area contributed by atoms with Gasteiger partial charge in [0.1, 0.15) is 0 Å². The summed E-state index contributed by atoms with van der Waals surface area (Å²) in [6.07, 6.45) is 1.99. The molecule has 0 spiro atoms. The van der Waals surface area contributed by atoms with Crippen LogP contribution in [0.4, 0.5) is 0 Å². The number of rotatable bonds is 2. The molecule has 4 rings (SSSR count). The lowest BCUT2D eigenvalue weighted by molar-refractivity contribution is 0.101. The van der Waals surface area contributed by atoms with E-state index in [4.69, 9.17) is 16.3 Å². The molecular weight excluding hydrogens is 348 g/mol. The first kappa shape index (κ1) is 16.8. The van der Waals surface area contributed by atoms with Gasteiger partial charge in [-0.15, -0.1) is 0 Å². The van der Waals surface area contributed by atoms with Crippen molar-refractivity contribution in [3.63, 3.8) is 0 Å². The third-order valence-corrected chi connectivity index (χ3v) is 7.35. The minimum absolute atomic E-state index is 0.143. The monoisotopic (exact) mass is 368 g/mol. The fourth-order valence-electron chi connectivity index (χ4n) is 4.18. The van der Waals surface area contributed by atoms with Crippen LogP contribution in [-0.2, 0) is 11.3 Å². The van der Waals surface area contributed by atoms with Crippen molar-refractivity contribution in [2.24, 2.45) is 0 Å². The number of hydrogen-bond donors (Lipinski definition) is 0. The molecule has 0 saturated heterocycles. The second-order valence-electron chi connectivity index (χ2n) is 7.81. The summed E-state index contributed by atoms with van der Waals surface area (Å²) >= 11 is 5.87. The Kier molecular flexibility index (Phi) is 3.98. The summed E-state index contributed by atoms with van der Waals surface area (Å²) in [5.41, 5.74) is 7.94. The molecule has 1 unspecified atom stereocenters. The Balaban J connectivity index is 2.09. The predicted octanol–water partition coefficient (Wildman–Crippen LogP) is 4.81. The first-order valence-electron chi connectivity index (χ1n) is 8.62. The average Bonchev–Trinajstić information content (AvgIpc) is 2.86. The van der Waals surface area contributed by atoms with Crippen molar-refractivity contribution >= 4 is 30.6 Å². The van der Waals surface area contributed by atoms with E-state index >= 15 is 0 Å². The second kappa shape index (κ2) is 5.94. The van der Waals surface area contributed by atoms with Crippen molar-refractivity contribution < 1.29 is 9.53 Å². The van der Waals surface area contributed by atoms with Gasteiger partial charge in [-0.3, -0.25) is 4.79 Å². The minimum atomic E-state index is -1.76. The zero-order chi connectivity index (χ0) is 17.8. The zero-order valence-corrected chi connectivity index (χ0v) is 16.5. The largest absolute Gasteiger partial charge is 0.376 e. The summed E-state index contributed by atoms with van der Waals surface area (Å²) in [7, 11) is -1.76. The van der Waals surface area contributed by atoms with Crippen molar-refractivity contribution in [2.75, 3.05) is 6.61 Å². The highest BCUT2D eigenvalue weighted by Gasteiger charge is 2.38. The molecule has 0 radical (unpaired) electrons. The van der Waals surface area contributed by atoms with Crippen LogP contribution in [0.3, 0.4) is 0 Å². The van der Waals surface area contributed by atoms with Crippen molar-refractivity contribution in [2.45, 2.75) is 32.2 Å². The quantitative estimate of drug-likeness (QED) is 0.607. The third kappa shape index (κ3) is 2.53. The first-order chi connectivity index (χ1) is 11.9. The van der Waals surface area contributed by atoms with Gasteiger partial charge in [0, 0.05) is 22.6 Å². The average molecular weight is 369 g/mol. The Bertz CT molecular complexity index is 909. The Morgan fingerprint density at radius 1 is 1.16 bits per heavy atom. The minimum Gasteiger partial charge on any atom is -0.376 e. The lowest BCUT2D eigenvalue weighted by atomic mass is 9.88. The van der Waals surface area contributed by atoms with Crippen molar-refractivity contribution in [1.29, 1.82) is 0 Å². The standard InChI is InChI=1S/C21H21ClO2Si/c1-25(2,3)21-18-12-24-11-13(8-9-22)16(18)10-17-14-6-4-5-7-15(14)20(23)19(17)21/h4-10,13H,11-12H2,1-3H3/b9-8+. The summed E-state index contributed by atoms with van der Waals surface area (Å²) in [6, 6.07) is 10.2. The first-order valence-corrected chi connectivity index (χ1v) is 12.6. The van der Waals surface area contributed by atoms with E-state index < -0.39 is 8.07 Å². The maximum Gasteiger partial charge on any atom is 0.194 e. The molecule has 0 N–H and O–H groups in total. The molecule has 2 aliphatic rings. The molecule has 0 saturated carbocycles. The predicted molar refractivity (Wildman–Crippen MR) is 106 cm³/mol. The molecule has 1 atom stereocenters. The molecule has 1 aliphatic heterocycles. The van der Waals surface area contributed by atoms with Crippen LogP contribution in [0.15, 0.2) is 41.9 Å². The topological polar surface area (TPSA) is 26.3 Å². The number of hydrogen-bond acceptors (Lipinski definition) is 2. The van der Waals surface area contributed by atoms with E-state index in [1.54, 1.807) is 5.54 Å². The van der Waals surface area contributed by atoms with Crippen molar-refractivity contribution in [3.05, 3.63) is 64.2 Å². The van der Waals surface area contributed by atoms with Crippen LogP contribution in [0.2, 0.25) is 19.6 Å². The van der Waals surface area contributed by atoms with E-state index in [0.29, 0.717) is 13.2 Å². The van der Waals surface area contributed by atoms with Gasteiger partial charge in [-0.2, -0.15) is 0 Å². The Morgan fingerprint density at radius 2 is 1.88 bits per heavy atom. The molecular formula is C21H21ClO2Si. The van der Waals surface area contributed by atoms with Gasteiger partial charge in [0.2, 0.25) is 0 Å². The molecule has 2 aromatic rings. The number of ether oxygens (including phenoxy) is 1. The van der Waals surface area contributed by atoms with Gasteiger partial charge < -0.3 is 4.74 Å². The lowest BCUT2D eigenvalue weighted by Crippen LogP contribution is -2.45. The molecule has 2 aromatic carbocycles. The lowest BCUT2D eigenvalue weighted by Gasteiger charge is -2.32. The van der Waals surface area contributed by atoms with Crippen molar-refractivity contribution in [3.8, 4) is 11.1 Å². The van der Waals surface area contributed by atoms with Crippen LogP contribution in [0.1, 0.15) is 33.0 Å². The summed E-state index contributed by atoms with van der Waals surface area (Å²) in [5.74, 6) is 0.311. The zero-order valence-electron chi connectivity index (χ0n) is 14.7. The molecule has 0 aromatic heterocycles. The molecule has 1 heterocycles. The highest BCUT2D eigenvalue weighted by molar-refractivity contribution is 6.90. The van der Waals surface area contributed by atoms with E-state index in [1.165, 1.54) is 16.3 Å². The van der Waals surface area contributed by atoms with Gasteiger partial charge in [-0.1, -0.05) is 61.6 Å². The number of fused-ring (bicyclic) bond motifs is 4. The fraction of sp³-hybridized carbons (Fsp3) is 0.286. The van der Waals surface area contributed by atoms with Crippen LogP contribution in [0.5, 0.6) is 0 Å². The van der Waals surface area contributed by atoms with Crippen molar-refractivity contribution in [1.82, 2.24) is 0 Å². The smallest absolute Gasteiger partial charge is 0.194 e. The molecule has 2 nitrogen and oxygen atoms in total. The van der Waals surface area contributed by atoms with E-state index in [0.717, 1.165) is 22.3 Å². The number of ketones is 1. The Morgan fingerprint density at radius 3 is 2.56 bits per heavy atom. The third-order valence-electron chi connectivity index (χ3n) is 5.16. The molecule has 0 fully saturated rings. The van der Waals surface area contributed by atoms with Gasteiger partial charge in [0.15, 0.2) is 5.78 Å². The SMILES string of the molecule is C[Si](C)(C)c1c2c(cc3c1C(=O)c1ccccc1-3)C(/C=C/Cl)COC2. The number of halogens is 1. The van der Waals surface area contributed by atoms with Crippen LogP contribution in [0, 0.1) is 0 Å². The normalized spacial score (nSPS) is 19.0. The van der Waals surface area contributed by atoms with E-state index in [-0.39, 0.29) is 11.7 Å². The molecule has 0 amide bonds. The Hall–Kier alpha value is -1.68. The second-order valence-corrected chi connectivity index (χ2v) is 13.1. The Labute approximate surface area is 154 Å². The molecule has 4 heteroatoms. The van der Waals surface area contributed by atoms with Gasteiger partial charge in [-0.05, 0) is 33.5 Å². The summed E-state index contributed by atoms with van der Waals surface area (Å²) < 4.78 is 5.87. The molecule has 25 heavy (non-hydrogen) atoms. The maximum atomic E-state index is 13.2. The molecule has 128 valence electrons. The molecule has 1 aliphatic carbocycles. The van der Waals surface area contributed by atoms with Gasteiger partial charge >= 0.3 is 0 Å². The van der Waals surface area contributed by atoms with E-state index in [9.17, 15) is 4.79 Å². The number of carbonyl (C=O) groups is 1. The number of carbonyl (C=O) groups excluding carboxylic acids is 1. The summed E-state index contributed by atoms with van der Waals surface area (Å²) in [4.78, 5) is 13.2. The highest BCUT2D eigenvalue weighted by atomic mass is 35.5. The number of benzene rings is 2. The summed E-state index contributed by atoms with van der Waals surface area (Å²) in [5, 5.41) is 1.26. The van der Waals surface area contributed by atoms with Gasteiger partial charge in [-0.25, -0.2) is 0 Å². The van der Waals surface area contributed by atoms with Crippen LogP contribution >= 0.6 is 11.6 Å². The highest BCUT2D eigenvalue weighted by Crippen LogP contribution is 2.41. The van der Waals surface area contributed by atoms with Gasteiger partial charge in [0.05, 0.1) is 21.3 Å². The van der Waals surface area contributed by atoms with Crippen LogP contribution in [0.25, 0.3) is 11.1 Å². The van der Waals surface area contributed by atoms with Crippen LogP contribution in [-0.4, -0.2) is 20.5 Å². The molecule has 0 bridgehead atoms. The fourth-order valence-corrected chi connectivity index (χ4v) is 6.48. The summed E-state index contributed by atoms with van der Waals surface area (Å²) in [6.45, 7) is 8.13. The maximum absolute atomic E-state index is 13.2. The van der Waals surface area contributed by atoms with Crippen LogP contribution < -0.4 is 5.19 Å². The van der Waals surface area contributed by atoms with E-state index in [1.807, 2.05) is 24.3 Å². The van der Waals surface area contributed by atoms with E-state index in [2.05, 4.69) is 31.8 Å².